The lowest BCUT2D eigenvalue weighted by molar-refractivity contribution is 0.824. The van der Waals surface area contributed by atoms with Gasteiger partial charge in [0.15, 0.2) is 0 Å². The molecule has 0 aliphatic rings. The molecule has 3 N–H and O–H groups in total. The zero-order chi connectivity index (χ0) is 5.11. The van der Waals surface area contributed by atoms with Crippen LogP contribution in [-0.4, -0.2) is 15.4 Å². The van der Waals surface area contributed by atoms with Crippen molar-refractivity contribution in [3.8, 4) is 0 Å². The molecule has 1 heterocycles. The fourth-order valence-corrected chi connectivity index (χ4v) is 0.491. The van der Waals surface area contributed by atoms with Gasteiger partial charge in [-0.15, -0.1) is 0 Å². The monoisotopic (exact) mass is 114 g/mol. The second-order valence-corrected chi connectivity index (χ2v) is 1.39. The molecule has 0 fully saturated rings. The first-order valence-corrected chi connectivity index (χ1v) is 2.41. The standard InChI is InChI=1S/C5H8N2.H2O/c1-2-5-6-3-4-7-5;/h3-4H,2H2,1H3,(H,6,7);1H2. The summed E-state index contributed by atoms with van der Waals surface area (Å²) in [5, 5.41) is 0. The molecule has 0 atom stereocenters. The molecular formula is C5H10N2O. The Bertz CT molecular complexity index is 125. The van der Waals surface area contributed by atoms with E-state index in [2.05, 4.69) is 16.9 Å². The molecule has 1 rings (SSSR count). The van der Waals surface area contributed by atoms with Crippen molar-refractivity contribution in [1.82, 2.24) is 9.97 Å². The largest absolute Gasteiger partial charge is 0.412 e. The summed E-state index contributed by atoms with van der Waals surface area (Å²) in [5.41, 5.74) is 0. The summed E-state index contributed by atoms with van der Waals surface area (Å²) in [4.78, 5) is 6.95. The molecule has 0 bridgehead atoms. The maximum atomic E-state index is 3.98. The van der Waals surface area contributed by atoms with Crippen LogP contribution in [0.25, 0.3) is 0 Å². The molecule has 46 valence electrons. The number of H-pyrrole nitrogens is 1. The van der Waals surface area contributed by atoms with E-state index >= 15 is 0 Å². The second-order valence-electron chi connectivity index (χ2n) is 1.39. The van der Waals surface area contributed by atoms with Crippen LogP contribution in [0.5, 0.6) is 0 Å². The molecule has 0 saturated heterocycles. The summed E-state index contributed by atoms with van der Waals surface area (Å²) >= 11 is 0. The fourth-order valence-electron chi connectivity index (χ4n) is 0.491. The third kappa shape index (κ3) is 1.35. The molecule has 1 aromatic heterocycles. The molecule has 8 heavy (non-hydrogen) atoms. The summed E-state index contributed by atoms with van der Waals surface area (Å²) < 4.78 is 0. The van der Waals surface area contributed by atoms with Crippen LogP contribution in [0.1, 0.15) is 12.7 Å². The SMILES string of the molecule is CCc1ncc[nH]1.O. The minimum Gasteiger partial charge on any atom is -0.412 e. The number of nitrogens with zero attached hydrogens (tertiary/aromatic N) is 1. The molecule has 0 saturated carbocycles. The van der Waals surface area contributed by atoms with Gasteiger partial charge in [0, 0.05) is 18.8 Å². The molecule has 0 unspecified atom stereocenters. The van der Waals surface area contributed by atoms with Crippen LogP contribution >= 0.6 is 0 Å². The van der Waals surface area contributed by atoms with E-state index in [1.165, 1.54) is 0 Å². The number of nitrogens with one attached hydrogen (secondary N) is 1. The zero-order valence-electron chi connectivity index (χ0n) is 4.81. The van der Waals surface area contributed by atoms with Gasteiger partial charge in [0.1, 0.15) is 5.82 Å². The van der Waals surface area contributed by atoms with E-state index in [0.717, 1.165) is 12.2 Å². The van der Waals surface area contributed by atoms with E-state index in [1.54, 1.807) is 6.20 Å². The van der Waals surface area contributed by atoms with Gasteiger partial charge in [-0.05, 0) is 0 Å². The number of imidazole rings is 1. The Kier molecular flexibility index (Phi) is 2.88. The number of hydrogen-bond donors (Lipinski definition) is 1. The first kappa shape index (κ1) is 7.17. The van der Waals surface area contributed by atoms with Crippen LogP contribution in [0.4, 0.5) is 0 Å². The maximum absolute atomic E-state index is 3.98. The summed E-state index contributed by atoms with van der Waals surface area (Å²) in [7, 11) is 0. The van der Waals surface area contributed by atoms with Crippen LogP contribution in [0.2, 0.25) is 0 Å². The molecule has 0 spiro atoms. The fraction of sp³-hybridized carbons (Fsp3) is 0.400. The van der Waals surface area contributed by atoms with E-state index in [0.29, 0.717) is 0 Å². The Hall–Kier alpha value is -0.830. The van der Waals surface area contributed by atoms with E-state index in [1.807, 2.05) is 6.20 Å². The van der Waals surface area contributed by atoms with Gasteiger partial charge in [0.2, 0.25) is 0 Å². The maximum Gasteiger partial charge on any atom is 0.105 e. The third-order valence-corrected chi connectivity index (χ3v) is 0.890. The van der Waals surface area contributed by atoms with Gasteiger partial charge in [-0.2, -0.15) is 0 Å². The first-order valence-electron chi connectivity index (χ1n) is 2.41. The summed E-state index contributed by atoms with van der Waals surface area (Å²) in [5.74, 6) is 1.06. The van der Waals surface area contributed by atoms with Crippen LogP contribution in [0.3, 0.4) is 0 Å². The number of hydrogen-bond acceptors (Lipinski definition) is 1. The Balaban J connectivity index is 0.000000490. The normalized spacial score (nSPS) is 8.12. The molecule has 0 aromatic carbocycles. The molecule has 0 amide bonds. The van der Waals surface area contributed by atoms with Crippen LogP contribution < -0.4 is 0 Å². The van der Waals surface area contributed by atoms with Crippen molar-refractivity contribution in [3.63, 3.8) is 0 Å². The average Bonchev–Trinajstić information content (AvgIpc) is 2.14. The van der Waals surface area contributed by atoms with Gasteiger partial charge < -0.3 is 10.5 Å². The van der Waals surface area contributed by atoms with E-state index in [9.17, 15) is 0 Å². The molecule has 0 aliphatic carbocycles. The van der Waals surface area contributed by atoms with Crippen LogP contribution in [0, 0.1) is 0 Å². The molecule has 1 aromatic rings. The predicted octanol–water partition coefficient (Wildman–Crippen LogP) is 0.147. The van der Waals surface area contributed by atoms with Crippen molar-refractivity contribution in [2.45, 2.75) is 13.3 Å². The average molecular weight is 114 g/mol. The summed E-state index contributed by atoms with van der Waals surface area (Å²) in [6.45, 7) is 2.07. The van der Waals surface area contributed by atoms with E-state index in [4.69, 9.17) is 0 Å². The topological polar surface area (TPSA) is 60.2 Å². The van der Waals surface area contributed by atoms with Gasteiger partial charge in [-0.1, -0.05) is 6.92 Å². The molecular weight excluding hydrogens is 104 g/mol. The molecule has 3 heteroatoms. The number of aromatic nitrogens is 2. The Morgan fingerprint density at radius 3 is 2.75 bits per heavy atom. The van der Waals surface area contributed by atoms with Gasteiger partial charge in [0.05, 0.1) is 0 Å². The lowest BCUT2D eigenvalue weighted by Gasteiger charge is -1.79. The Labute approximate surface area is 48.1 Å². The highest BCUT2D eigenvalue weighted by Gasteiger charge is 1.82. The Morgan fingerprint density at radius 2 is 2.50 bits per heavy atom. The van der Waals surface area contributed by atoms with Crippen molar-refractivity contribution in [2.24, 2.45) is 0 Å². The van der Waals surface area contributed by atoms with Crippen molar-refractivity contribution in [3.05, 3.63) is 18.2 Å². The summed E-state index contributed by atoms with van der Waals surface area (Å²) in [6, 6.07) is 0. The highest BCUT2D eigenvalue weighted by molar-refractivity contribution is 4.84. The van der Waals surface area contributed by atoms with Crippen LogP contribution in [0.15, 0.2) is 12.4 Å². The minimum atomic E-state index is 0. The highest BCUT2D eigenvalue weighted by atomic mass is 16.0. The minimum absolute atomic E-state index is 0. The number of aromatic amines is 1. The van der Waals surface area contributed by atoms with Gasteiger partial charge in [-0.25, -0.2) is 4.98 Å². The summed E-state index contributed by atoms with van der Waals surface area (Å²) in [6.07, 6.45) is 4.59. The lowest BCUT2D eigenvalue weighted by Crippen LogP contribution is -1.78. The number of rotatable bonds is 1. The van der Waals surface area contributed by atoms with Crippen LogP contribution in [-0.2, 0) is 6.42 Å². The van der Waals surface area contributed by atoms with Crippen molar-refractivity contribution in [1.29, 1.82) is 0 Å². The van der Waals surface area contributed by atoms with Crippen molar-refractivity contribution < 1.29 is 5.48 Å². The van der Waals surface area contributed by atoms with Crippen molar-refractivity contribution in [2.75, 3.05) is 0 Å². The second kappa shape index (κ2) is 3.21. The molecule has 0 radical (unpaired) electrons. The molecule has 3 nitrogen and oxygen atoms in total. The smallest absolute Gasteiger partial charge is 0.105 e. The van der Waals surface area contributed by atoms with Crippen molar-refractivity contribution >= 4 is 0 Å². The van der Waals surface area contributed by atoms with Gasteiger partial charge in [-0.3, -0.25) is 0 Å². The van der Waals surface area contributed by atoms with Gasteiger partial charge in [0.25, 0.3) is 0 Å². The van der Waals surface area contributed by atoms with E-state index in [-0.39, 0.29) is 5.48 Å². The highest BCUT2D eigenvalue weighted by Crippen LogP contribution is 1.85. The van der Waals surface area contributed by atoms with Gasteiger partial charge >= 0.3 is 0 Å². The quantitative estimate of drug-likeness (QED) is 0.555. The number of aryl methyl sites for hydroxylation is 1. The zero-order valence-corrected chi connectivity index (χ0v) is 4.81. The first-order chi connectivity index (χ1) is 3.43. The lowest BCUT2D eigenvalue weighted by atomic mass is 10.5. The Morgan fingerprint density at radius 1 is 1.75 bits per heavy atom. The predicted molar refractivity (Wildman–Crippen MR) is 31.6 cm³/mol. The molecule has 0 aliphatic heterocycles. The van der Waals surface area contributed by atoms with E-state index < -0.39 is 0 Å². The third-order valence-electron chi connectivity index (χ3n) is 0.890.